The number of likely N-dealkylation sites (tertiary alicyclic amines) is 2. The minimum Gasteiger partial charge on any atom is -0.453 e. The van der Waals surface area contributed by atoms with Gasteiger partial charge < -0.3 is 25.2 Å². The summed E-state index contributed by atoms with van der Waals surface area (Å²) in [5, 5.41) is 6.01. The molecule has 308 valence electrons. The van der Waals surface area contributed by atoms with Crippen molar-refractivity contribution in [2.45, 2.75) is 91.8 Å². The van der Waals surface area contributed by atoms with Crippen molar-refractivity contribution in [3.8, 4) is 0 Å². The average Bonchev–Trinajstić information content (AvgIpc) is 3.61. The molecule has 57 heavy (non-hydrogen) atoms. The average molecular weight is 806 g/mol. The van der Waals surface area contributed by atoms with E-state index in [0.29, 0.717) is 12.1 Å². The summed E-state index contributed by atoms with van der Waals surface area (Å²) < 4.78 is 63.2. The van der Waals surface area contributed by atoms with Crippen LogP contribution in [0.4, 0.5) is 19.3 Å². The minimum absolute atomic E-state index is 0.0798. The summed E-state index contributed by atoms with van der Waals surface area (Å²) in [5.41, 5.74) is -0.0836. The fourth-order valence-corrected chi connectivity index (χ4v) is 11.1. The fraction of sp³-hybridized carbons (Fsp3) is 0.545. The molecule has 2 amide bonds. The van der Waals surface area contributed by atoms with Gasteiger partial charge in [-0.3, -0.25) is 9.69 Å². The van der Waals surface area contributed by atoms with Crippen LogP contribution in [-0.4, -0.2) is 107 Å². The number of sulfone groups is 1. The monoisotopic (exact) mass is 805 g/mol. The highest BCUT2D eigenvalue weighted by atomic mass is 32.2. The van der Waals surface area contributed by atoms with E-state index in [9.17, 15) is 18.0 Å². The maximum absolute atomic E-state index is 16.3. The Balaban J connectivity index is 0.993. The molecule has 7 rings (SSSR count). The number of rotatable bonds is 12. The van der Waals surface area contributed by atoms with Crippen LogP contribution < -0.4 is 15.5 Å². The third kappa shape index (κ3) is 8.85. The Kier molecular flexibility index (Phi) is 11.7. The van der Waals surface area contributed by atoms with Gasteiger partial charge in [0.25, 0.3) is 5.91 Å². The molecular formula is C44H57F2N5O5S. The normalized spacial score (nSPS) is 22.9. The molecule has 2 N–H and O–H groups in total. The Morgan fingerprint density at radius 1 is 0.860 bits per heavy atom. The Hall–Kier alpha value is -4.07. The highest BCUT2D eigenvalue weighted by Crippen LogP contribution is 2.51. The van der Waals surface area contributed by atoms with Gasteiger partial charge in [-0.05, 0) is 157 Å². The van der Waals surface area contributed by atoms with E-state index in [4.69, 9.17) is 4.74 Å². The second kappa shape index (κ2) is 16.3. The largest absolute Gasteiger partial charge is 0.453 e. The summed E-state index contributed by atoms with van der Waals surface area (Å²) in [7, 11) is -2.44. The number of methoxy groups -OCH3 is 1. The molecule has 0 bridgehead atoms. The molecule has 1 saturated carbocycles. The van der Waals surface area contributed by atoms with E-state index in [1.807, 2.05) is 25.7 Å². The predicted octanol–water partition coefficient (Wildman–Crippen LogP) is 6.60. The quantitative estimate of drug-likeness (QED) is 0.211. The third-order valence-corrected chi connectivity index (χ3v) is 14.4. The summed E-state index contributed by atoms with van der Waals surface area (Å²) in [6.45, 7) is 10.6. The number of carbonyl (C=O) groups is 2. The highest BCUT2D eigenvalue weighted by Gasteiger charge is 2.54. The van der Waals surface area contributed by atoms with Crippen LogP contribution in [0.5, 0.6) is 0 Å². The lowest BCUT2D eigenvalue weighted by Gasteiger charge is -2.54. The number of carbonyl (C=O) groups excluding carboxylic acids is 2. The molecule has 4 fully saturated rings. The Labute approximate surface area is 336 Å². The molecule has 4 aliphatic rings. The first-order valence-corrected chi connectivity index (χ1v) is 21.8. The first-order valence-electron chi connectivity index (χ1n) is 20.4. The van der Waals surface area contributed by atoms with Gasteiger partial charge in [0, 0.05) is 41.3 Å². The van der Waals surface area contributed by atoms with Gasteiger partial charge in [-0.2, -0.15) is 0 Å². The lowest BCUT2D eigenvalue weighted by Crippen LogP contribution is -2.65. The molecule has 0 spiro atoms. The summed E-state index contributed by atoms with van der Waals surface area (Å²) in [6, 6.07) is 19.4. The summed E-state index contributed by atoms with van der Waals surface area (Å²) >= 11 is 0. The SMILES string of the molecule is COC(=O)N[C@H]1CCC[C@@H]1[C@](CN1CCC1)(c1cccc(F)c1)C1CCN(CC2(F)CN(c3ccc(S(=O)(=O)c4ccc(C(=O)NC(C)(C)C)cc4)cc3)C2)CC1. The second-order valence-electron chi connectivity index (χ2n) is 17.7. The van der Waals surface area contributed by atoms with E-state index >= 15 is 8.78 Å². The number of hydrogen-bond acceptors (Lipinski definition) is 8. The van der Waals surface area contributed by atoms with Crippen LogP contribution in [0.1, 0.15) is 75.2 Å². The lowest BCUT2D eigenvalue weighted by atomic mass is 9.57. The van der Waals surface area contributed by atoms with Crippen molar-refractivity contribution in [2.24, 2.45) is 11.8 Å². The van der Waals surface area contributed by atoms with E-state index in [1.54, 1.807) is 36.4 Å². The van der Waals surface area contributed by atoms with Crippen molar-refractivity contribution >= 4 is 27.5 Å². The number of piperidine rings is 1. The maximum Gasteiger partial charge on any atom is 0.407 e. The number of anilines is 1. The molecule has 13 heteroatoms. The Morgan fingerprint density at radius 2 is 1.51 bits per heavy atom. The number of nitrogens with zero attached hydrogens (tertiary/aromatic N) is 3. The third-order valence-electron chi connectivity index (χ3n) is 12.7. The van der Waals surface area contributed by atoms with Crippen molar-refractivity contribution in [1.29, 1.82) is 0 Å². The molecule has 0 unspecified atom stereocenters. The molecule has 10 nitrogen and oxygen atoms in total. The number of halogens is 2. The van der Waals surface area contributed by atoms with Crippen molar-refractivity contribution in [3.63, 3.8) is 0 Å². The van der Waals surface area contributed by atoms with Crippen molar-refractivity contribution in [3.05, 3.63) is 89.7 Å². The first-order chi connectivity index (χ1) is 27.1. The molecule has 3 atom stereocenters. The molecule has 3 aliphatic heterocycles. The molecule has 0 aromatic heterocycles. The van der Waals surface area contributed by atoms with E-state index in [0.717, 1.165) is 82.5 Å². The highest BCUT2D eigenvalue weighted by molar-refractivity contribution is 7.91. The Bertz CT molecular complexity index is 2010. The van der Waals surface area contributed by atoms with Gasteiger partial charge in [0.05, 0.1) is 30.0 Å². The van der Waals surface area contributed by atoms with Crippen molar-refractivity contribution < 1.29 is 31.5 Å². The number of alkyl halides is 1. The number of hydrogen-bond donors (Lipinski definition) is 2. The number of amides is 2. The van der Waals surface area contributed by atoms with Gasteiger partial charge in [0.1, 0.15) is 5.82 Å². The smallest absolute Gasteiger partial charge is 0.407 e. The minimum atomic E-state index is -3.82. The summed E-state index contributed by atoms with van der Waals surface area (Å²) in [5.74, 6) is -0.206. The lowest BCUT2D eigenvalue weighted by molar-refractivity contribution is 0.00584. The number of nitrogens with one attached hydrogen (secondary N) is 2. The van der Waals surface area contributed by atoms with E-state index < -0.39 is 27.1 Å². The van der Waals surface area contributed by atoms with Gasteiger partial charge >= 0.3 is 6.09 Å². The van der Waals surface area contributed by atoms with Gasteiger partial charge in [-0.1, -0.05) is 18.6 Å². The van der Waals surface area contributed by atoms with Gasteiger partial charge in [-0.25, -0.2) is 22.0 Å². The zero-order valence-corrected chi connectivity index (χ0v) is 34.4. The molecule has 3 heterocycles. The Morgan fingerprint density at radius 3 is 2.09 bits per heavy atom. The predicted molar refractivity (Wildman–Crippen MR) is 217 cm³/mol. The fourth-order valence-electron chi connectivity index (χ4n) is 9.84. The van der Waals surface area contributed by atoms with Gasteiger partial charge in [0.15, 0.2) is 5.67 Å². The van der Waals surface area contributed by atoms with E-state index in [-0.39, 0.29) is 57.9 Å². The molecule has 0 radical (unpaired) electrons. The maximum atomic E-state index is 16.3. The second-order valence-corrected chi connectivity index (χ2v) is 19.7. The van der Waals surface area contributed by atoms with Crippen LogP contribution in [-0.2, 0) is 20.0 Å². The van der Waals surface area contributed by atoms with Crippen LogP contribution >= 0.6 is 0 Å². The zero-order valence-electron chi connectivity index (χ0n) is 33.6. The molecule has 3 saturated heterocycles. The van der Waals surface area contributed by atoms with Gasteiger partial charge in [0.2, 0.25) is 9.84 Å². The number of benzene rings is 3. The topological polar surface area (TPSA) is 111 Å². The molecule has 3 aromatic rings. The van der Waals surface area contributed by atoms with E-state index in [1.165, 1.54) is 37.4 Å². The summed E-state index contributed by atoms with van der Waals surface area (Å²) in [4.78, 5) is 31.8. The molecular weight excluding hydrogens is 749 g/mol. The van der Waals surface area contributed by atoms with Crippen LogP contribution in [0.2, 0.25) is 0 Å². The van der Waals surface area contributed by atoms with Crippen LogP contribution in [0.3, 0.4) is 0 Å². The van der Waals surface area contributed by atoms with Crippen LogP contribution in [0.25, 0.3) is 0 Å². The van der Waals surface area contributed by atoms with Crippen LogP contribution in [0, 0.1) is 17.7 Å². The molecule has 3 aromatic carbocycles. The standard InChI is InChI=1S/C44H57F2N5O5S/c1-42(2,3)48-40(52)31-12-16-36(17-13-31)57(54,55)37-18-14-35(15-19-37)51-28-43(46,29-51)27-50-24-20-32(21-25-50)44(30-49-22-7-23-49,33-8-5-9-34(45)26-33)38-10-6-11-39(38)47-41(53)56-4/h5,8-9,12-19,26,32,38-39H,6-7,10-11,20-25,27-30H2,1-4H3,(H,47,53)(H,48,52)/t38-,39-,44-/m0/s1. The van der Waals surface area contributed by atoms with Crippen LogP contribution in [0.15, 0.2) is 82.6 Å². The number of ether oxygens (including phenoxy) is 1. The van der Waals surface area contributed by atoms with Crippen molar-refractivity contribution in [1.82, 2.24) is 20.4 Å². The van der Waals surface area contributed by atoms with Gasteiger partial charge in [-0.15, -0.1) is 0 Å². The first kappa shape index (κ1) is 41.1. The number of alkyl carbamates (subject to hydrolysis) is 1. The molecule has 1 aliphatic carbocycles. The zero-order chi connectivity index (χ0) is 40.6. The van der Waals surface area contributed by atoms with E-state index in [2.05, 4.69) is 26.5 Å². The summed E-state index contributed by atoms with van der Waals surface area (Å²) in [6.07, 6.45) is 5.14. The van der Waals surface area contributed by atoms with Crippen molar-refractivity contribution in [2.75, 3.05) is 64.4 Å².